The lowest BCUT2D eigenvalue weighted by Gasteiger charge is -2.09. The average molecular weight is 360 g/mol. The summed E-state index contributed by atoms with van der Waals surface area (Å²) in [6, 6.07) is 16.6. The van der Waals surface area contributed by atoms with Crippen LogP contribution in [0, 0.1) is 0 Å². The average Bonchev–Trinajstić information content (AvgIpc) is 3.11. The fourth-order valence-electron chi connectivity index (χ4n) is 2.87. The van der Waals surface area contributed by atoms with E-state index in [0.717, 1.165) is 40.3 Å². The van der Waals surface area contributed by atoms with Gasteiger partial charge in [0, 0.05) is 30.2 Å². The van der Waals surface area contributed by atoms with Crippen LogP contribution in [0.2, 0.25) is 0 Å². The number of hydrogen-bond acceptors (Lipinski definition) is 5. The van der Waals surface area contributed by atoms with E-state index in [-0.39, 0.29) is 0 Å². The second kappa shape index (κ2) is 7.62. The zero-order valence-electron chi connectivity index (χ0n) is 14.6. The molecule has 0 spiro atoms. The number of pyridine rings is 1. The van der Waals surface area contributed by atoms with Crippen molar-refractivity contribution in [1.82, 2.24) is 15.0 Å². The summed E-state index contributed by atoms with van der Waals surface area (Å²) in [5.41, 5.74) is 2.35. The Morgan fingerprint density at radius 2 is 1.85 bits per heavy atom. The molecule has 130 valence electrons. The quantitative estimate of drug-likeness (QED) is 0.534. The van der Waals surface area contributed by atoms with Crippen LogP contribution in [0.4, 0.5) is 5.82 Å². The van der Waals surface area contributed by atoms with Crippen LogP contribution in [0.3, 0.4) is 0 Å². The molecular formula is C21H20N4S. The van der Waals surface area contributed by atoms with Crippen molar-refractivity contribution in [3.63, 3.8) is 0 Å². The van der Waals surface area contributed by atoms with Gasteiger partial charge in [-0.25, -0.2) is 9.97 Å². The number of aromatic nitrogens is 3. The molecule has 4 rings (SSSR count). The predicted octanol–water partition coefficient (Wildman–Crippen LogP) is 4.85. The third-order valence-corrected chi connectivity index (χ3v) is 5.40. The van der Waals surface area contributed by atoms with Crippen LogP contribution < -0.4 is 5.32 Å². The first kappa shape index (κ1) is 16.7. The first-order chi connectivity index (χ1) is 12.8. The van der Waals surface area contributed by atoms with Gasteiger partial charge < -0.3 is 5.32 Å². The summed E-state index contributed by atoms with van der Waals surface area (Å²) in [6.45, 7) is 2.87. The highest BCUT2D eigenvalue weighted by atomic mass is 32.1. The van der Waals surface area contributed by atoms with Crippen molar-refractivity contribution >= 4 is 27.4 Å². The molecule has 0 saturated carbocycles. The Balaban J connectivity index is 1.67. The van der Waals surface area contributed by atoms with E-state index >= 15 is 0 Å². The lowest BCUT2D eigenvalue weighted by molar-refractivity contribution is 0.983. The molecule has 0 aliphatic carbocycles. The Kier molecular flexibility index (Phi) is 4.88. The second-order valence-electron chi connectivity index (χ2n) is 6.15. The molecule has 0 aliphatic heterocycles. The van der Waals surface area contributed by atoms with E-state index in [1.54, 1.807) is 17.5 Å². The predicted molar refractivity (Wildman–Crippen MR) is 108 cm³/mol. The largest absolute Gasteiger partial charge is 0.365 e. The van der Waals surface area contributed by atoms with Crippen LogP contribution in [-0.2, 0) is 19.4 Å². The fourth-order valence-corrected chi connectivity index (χ4v) is 3.86. The molecule has 0 aliphatic rings. The number of aryl methyl sites for hydroxylation is 1. The molecule has 1 N–H and O–H groups in total. The molecule has 0 atom stereocenters. The lowest BCUT2D eigenvalue weighted by atomic mass is 10.1. The van der Waals surface area contributed by atoms with Crippen LogP contribution >= 0.6 is 11.3 Å². The summed E-state index contributed by atoms with van der Waals surface area (Å²) < 4.78 is 0. The Morgan fingerprint density at radius 3 is 2.62 bits per heavy atom. The van der Waals surface area contributed by atoms with Gasteiger partial charge in [-0.2, -0.15) is 0 Å². The number of anilines is 1. The third-order valence-electron chi connectivity index (χ3n) is 4.23. The highest BCUT2D eigenvalue weighted by Crippen LogP contribution is 2.30. The summed E-state index contributed by atoms with van der Waals surface area (Å²) >= 11 is 1.75. The van der Waals surface area contributed by atoms with Crippen molar-refractivity contribution in [2.24, 2.45) is 0 Å². The number of thiophene rings is 1. The molecule has 26 heavy (non-hydrogen) atoms. The summed E-state index contributed by atoms with van der Waals surface area (Å²) in [5.74, 6) is 1.75. The maximum Gasteiger partial charge on any atom is 0.138 e. The molecule has 1 aromatic carbocycles. The zero-order chi connectivity index (χ0) is 17.8. The van der Waals surface area contributed by atoms with Crippen molar-refractivity contribution in [3.8, 4) is 0 Å². The van der Waals surface area contributed by atoms with Gasteiger partial charge in [-0.3, -0.25) is 4.98 Å². The van der Waals surface area contributed by atoms with E-state index in [1.807, 2.05) is 18.3 Å². The second-order valence-corrected chi connectivity index (χ2v) is 7.27. The number of nitrogens with one attached hydrogen (secondary N) is 1. The highest BCUT2D eigenvalue weighted by molar-refractivity contribution is 7.18. The topological polar surface area (TPSA) is 50.7 Å². The zero-order valence-corrected chi connectivity index (χ0v) is 15.5. The summed E-state index contributed by atoms with van der Waals surface area (Å²) in [5, 5.41) is 4.59. The van der Waals surface area contributed by atoms with Crippen molar-refractivity contribution in [3.05, 3.63) is 82.8 Å². The van der Waals surface area contributed by atoms with Crippen LogP contribution in [0.25, 0.3) is 10.2 Å². The molecule has 3 aromatic heterocycles. The molecule has 0 saturated heterocycles. The summed E-state index contributed by atoms with van der Waals surface area (Å²) in [6.07, 6.45) is 5.41. The lowest BCUT2D eigenvalue weighted by Crippen LogP contribution is -2.05. The maximum absolute atomic E-state index is 4.82. The Labute approximate surface area is 157 Å². The van der Waals surface area contributed by atoms with Gasteiger partial charge in [-0.05, 0) is 29.7 Å². The van der Waals surface area contributed by atoms with E-state index in [1.165, 1.54) is 10.4 Å². The van der Waals surface area contributed by atoms with E-state index in [9.17, 15) is 0 Å². The summed E-state index contributed by atoms with van der Waals surface area (Å²) in [7, 11) is 0. The standard InChI is InChI=1S/C21H20N4S/c1-2-17-12-18-20(23-14-16-9-6-10-22-13-16)24-19(25-21(18)26-17)11-15-7-4-3-5-8-15/h3-10,12-13H,2,11,14H2,1H3,(H,23,24,25). The minimum atomic E-state index is 0.696. The van der Waals surface area contributed by atoms with E-state index in [4.69, 9.17) is 9.97 Å². The van der Waals surface area contributed by atoms with E-state index in [2.05, 4.69) is 53.6 Å². The Morgan fingerprint density at radius 1 is 1.00 bits per heavy atom. The Bertz CT molecular complexity index is 997. The molecule has 0 radical (unpaired) electrons. The normalized spacial score (nSPS) is 11.0. The monoisotopic (exact) mass is 360 g/mol. The number of nitrogens with zero attached hydrogens (tertiary/aromatic N) is 3. The van der Waals surface area contributed by atoms with Crippen molar-refractivity contribution in [2.75, 3.05) is 5.32 Å². The smallest absolute Gasteiger partial charge is 0.138 e. The van der Waals surface area contributed by atoms with Gasteiger partial charge >= 0.3 is 0 Å². The fraction of sp³-hybridized carbons (Fsp3) is 0.190. The van der Waals surface area contributed by atoms with E-state index in [0.29, 0.717) is 6.54 Å². The molecular weight excluding hydrogens is 340 g/mol. The van der Waals surface area contributed by atoms with Crippen molar-refractivity contribution in [1.29, 1.82) is 0 Å². The van der Waals surface area contributed by atoms with Gasteiger partial charge in [-0.15, -0.1) is 11.3 Å². The summed E-state index contributed by atoms with van der Waals surface area (Å²) in [4.78, 5) is 16.2. The van der Waals surface area contributed by atoms with Crippen LogP contribution in [0.5, 0.6) is 0 Å². The molecule has 0 amide bonds. The van der Waals surface area contributed by atoms with Crippen molar-refractivity contribution in [2.45, 2.75) is 26.3 Å². The number of rotatable bonds is 6. The molecule has 0 fully saturated rings. The molecule has 4 nitrogen and oxygen atoms in total. The third kappa shape index (κ3) is 3.73. The van der Waals surface area contributed by atoms with E-state index < -0.39 is 0 Å². The van der Waals surface area contributed by atoms with Crippen molar-refractivity contribution < 1.29 is 0 Å². The first-order valence-corrected chi connectivity index (χ1v) is 9.59. The SMILES string of the molecule is CCc1cc2c(NCc3cccnc3)nc(Cc3ccccc3)nc2s1. The number of benzene rings is 1. The molecule has 0 bridgehead atoms. The van der Waals surface area contributed by atoms with Gasteiger partial charge in [0.1, 0.15) is 16.5 Å². The molecule has 4 aromatic rings. The van der Waals surface area contributed by atoms with Crippen LogP contribution in [0.1, 0.15) is 28.8 Å². The van der Waals surface area contributed by atoms with Gasteiger partial charge in [0.25, 0.3) is 0 Å². The molecule has 0 unspecified atom stereocenters. The minimum Gasteiger partial charge on any atom is -0.365 e. The van der Waals surface area contributed by atoms with Gasteiger partial charge in [0.2, 0.25) is 0 Å². The number of hydrogen-bond donors (Lipinski definition) is 1. The minimum absolute atomic E-state index is 0.696. The first-order valence-electron chi connectivity index (χ1n) is 8.78. The Hall–Kier alpha value is -2.79. The molecule has 5 heteroatoms. The highest BCUT2D eigenvalue weighted by Gasteiger charge is 2.12. The van der Waals surface area contributed by atoms with Gasteiger partial charge in [-0.1, -0.05) is 43.3 Å². The molecule has 3 heterocycles. The number of fused-ring (bicyclic) bond motifs is 1. The van der Waals surface area contributed by atoms with Crippen LogP contribution in [-0.4, -0.2) is 15.0 Å². The maximum atomic E-state index is 4.82. The van der Waals surface area contributed by atoms with Gasteiger partial charge in [0.15, 0.2) is 0 Å². The van der Waals surface area contributed by atoms with Gasteiger partial charge in [0.05, 0.1) is 5.39 Å². The van der Waals surface area contributed by atoms with Crippen LogP contribution in [0.15, 0.2) is 60.9 Å².